The molecule has 0 aliphatic rings. The Balaban J connectivity index is 1.74. The molecule has 0 spiro atoms. The molecule has 4 heteroatoms. The van der Waals surface area contributed by atoms with E-state index in [1.165, 1.54) is 5.56 Å². The summed E-state index contributed by atoms with van der Waals surface area (Å²) in [6.07, 6.45) is 0.994. The molecule has 2 aromatic carbocycles. The van der Waals surface area contributed by atoms with Gasteiger partial charge in [0.05, 0.1) is 13.0 Å². The van der Waals surface area contributed by atoms with Crippen molar-refractivity contribution in [3.8, 4) is 5.75 Å². The van der Waals surface area contributed by atoms with Gasteiger partial charge < -0.3 is 14.2 Å². The molecule has 2 aromatic rings. The first kappa shape index (κ1) is 24.9. The van der Waals surface area contributed by atoms with Gasteiger partial charge in [-0.1, -0.05) is 77.1 Å². The summed E-state index contributed by atoms with van der Waals surface area (Å²) in [4.78, 5) is 11.9. The van der Waals surface area contributed by atoms with Gasteiger partial charge >= 0.3 is 5.97 Å². The molecule has 0 radical (unpaired) electrons. The third-order valence-electron chi connectivity index (χ3n) is 5.14. The van der Waals surface area contributed by atoms with Crippen molar-refractivity contribution in [2.45, 2.75) is 66.6 Å². The standard InChI is InChI=1S/C27H38O4/c1-20(2)25(19-27(4,5)6)23-12-14-24(15-13-23)31-21(3)29-16-17-30-26(28)18-22-10-8-7-9-11-22/h7-15,20-21,25H,16-19H2,1-6H3. The van der Waals surface area contributed by atoms with Gasteiger partial charge in [0.2, 0.25) is 0 Å². The Hall–Kier alpha value is -2.33. The lowest BCUT2D eigenvalue weighted by Crippen LogP contribution is -2.20. The van der Waals surface area contributed by atoms with E-state index in [4.69, 9.17) is 14.2 Å². The highest BCUT2D eigenvalue weighted by Gasteiger charge is 2.23. The quantitative estimate of drug-likeness (QED) is 0.237. The lowest BCUT2D eigenvalue weighted by Gasteiger charge is -2.29. The minimum Gasteiger partial charge on any atom is -0.465 e. The zero-order valence-electron chi connectivity index (χ0n) is 19.9. The van der Waals surface area contributed by atoms with Gasteiger partial charge in [-0.3, -0.25) is 4.79 Å². The first-order valence-corrected chi connectivity index (χ1v) is 11.2. The molecule has 0 fully saturated rings. The van der Waals surface area contributed by atoms with Crippen LogP contribution in [0.4, 0.5) is 0 Å². The normalized spacial score (nSPS) is 13.6. The molecule has 0 saturated heterocycles. The van der Waals surface area contributed by atoms with Crippen molar-refractivity contribution in [2.24, 2.45) is 11.3 Å². The number of esters is 1. The van der Waals surface area contributed by atoms with E-state index < -0.39 is 6.29 Å². The SMILES string of the molecule is CC(OCCOC(=O)Cc1ccccc1)Oc1ccc(C(CC(C)(C)C)C(C)C)cc1. The molecule has 0 amide bonds. The minimum atomic E-state index is -0.422. The second-order valence-corrected chi connectivity index (χ2v) is 9.62. The van der Waals surface area contributed by atoms with Crippen molar-refractivity contribution in [2.75, 3.05) is 13.2 Å². The van der Waals surface area contributed by atoms with Crippen molar-refractivity contribution < 1.29 is 19.0 Å². The minimum absolute atomic E-state index is 0.210. The van der Waals surface area contributed by atoms with Crippen LogP contribution < -0.4 is 4.74 Å². The Morgan fingerprint density at radius 1 is 0.903 bits per heavy atom. The number of carbonyl (C=O) groups excluding carboxylic acids is 1. The van der Waals surface area contributed by atoms with Crippen LogP contribution in [0.25, 0.3) is 0 Å². The molecule has 0 bridgehead atoms. The van der Waals surface area contributed by atoms with Crippen molar-refractivity contribution in [3.63, 3.8) is 0 Å². The van der Waals surface area contributed by atoms with E-state index in [0.29, 0.717) is 18.4 Å². The molecule has 0 aromatic heterocycles. The van der Waals surface area contributed by atoms with Crippen LogP contribution in [0.1, 0.15) is 65.0 Å². The van der Waals surface area contributed by atoms with Crippen LogP contribution in [0.5, 0.6) is 5.75 Å². The Morgan fingerprint density at radius 2 is 1.55 bits per heavy atom. The maximum Gasteiger partial charge on any atom is 0.310 e. The second kappa shape index (κ2) is 11.9. The Bertz CT molecular complexity index is 775. The summed E-state index contributed by atoms with van der Waals surface area (Å²) in [6.45, 7) is 13.8. The Labute approximate surface area is 187 Å². The smallest absolute Gasteiger partial charge is 0.310 e. The summed E-state index contributed by atoms with van der Waals surface area (Å²) in [5.74, 6) is 1.62. The van der Waals surface area contributed by atoms with Crippen LogP contribution in [0.3, 0.4) is 0 Å². The van der Waals surface area contributed by atoms with Crippen LogP contribution in [0.2, 0.25) is 0 Å². The first-order valence-electron chi connectivity index (χ1n) is 11.2. The third kappa shape index (κ3) is 9.56. The molecule has 2 rings (SSSR count). The van der Waals surface area contributed by atoms with Crippen LogP contribution in [-0.4, -0.2) is 25.5 Å². The Morgan fingerprint density at radius 3 is 2.13 bits per heavy atom. The van der Waals surface area contributed by atoms with Gasteiger partial charge in [-0.2, -0.15) is 0 Å². The van der Waals surface area contributed by atoms with Crippen molar-refractivity contribution in [1.82, 2.24) is 0 Å². The predicted molar refractivity (Wildman–Crippen MR) is 125 cm³/mol. The Kier molecular flexibility index (Phi) is 9.57. The summed E-state index contributed by atoms with van der Waals surface area (Å²) >= 11 is 0. The second-order valence-electron chi connectivity index (χ2n) is 9.62. The van der Waals surface area contributed by atoms with E-state index in [2.05, 4.69) is 46.8 Å². The van der Waals surface area contributed by atoms with Crippen LogP contribution in [0, 0.1) is 11.3 Å². The number of hydrogen-bond donors (Lipinski definition) is 0. The average Bonchev–Trinajstić information content (AvgIpc) is 2.70. The van der Waals surface area contributed by atoms with Gasteiger partial charge in [-0.25, -0.2) is 0 Å². The molecule has 170 valence electrons. The molecule has 0 aliphatic heterocycles. The highest BCUT2D eigenvalue weighted by atomic mass is 16.7. The molecule has 31 heavy (non-hydrogen) atoms. The summed E-state index contributed by atoms with van der Waals surface area (Å²) in [5.41, 5.74) is 2.57. The van der Waals surface area contributed by atoms with Gasteiger partial charge in [0.25, 0.3) is 0 Å². The molecular weight excluding hydrogens is 388 g/mol. The molecule has 0 aliphatic carbocycles. The zero-order valence-corrected chi connectivity index (χ0v) is 19.9. The van der Waals surface area contributed by atoms with E-state index in [1.807, 2.05) is 49.4 Å². The number of carbonyl (C=O) groups is 1. The maximum atomic E-state index is 11.9. The van der Waals surface area contributed by atoms with E-state index in [1.54, 1.807) is 0 Å². The predicted octanol–water partition coefficient (Wildman–Crippen LogP) is 6.39. The van der Waals surface area contributed by atoms with Gasteiger partial charge in [0.15, 0.2) is 6.29 Å². The third-order valence-corrected chi connectivity index (χ3v) is 5.14. The molecular formula is C27H38O4. The van der Waals surface area contributed by atoms with E-state index in [9.17, 15) is 4.79 Å². The zero-order chi connectivity index (χ0) is 22.9. The topological polar surface area (TPSA) is 44.8 Å². The lowest BCUT2D eigenvalue weighted by molar-refractivity contribution is -0.147. The highest BCUT2D eigenvalue weighted by molar-refractivity contribution is 5.72. The van der Waals surface area contributed by atoms with Crippen LogP contribution in [0.15, 0.2) is 54.6 Å². The number of benzene rings is 2. The summed E-state index contributed by atoms with van der Waals surface area (Å²) in [7, 11) is 0. The number of hydrogen-bond acceptors (Lipinski definition) is 4. The van der Waals surface area contributed by atoms with Crippen molar-refractivity contribution in [1.29, 1.82) is 0 Å². The fourth-order valence-corrected chi connectivity index (χ4v) is 3.60. The summed E-state index contributed by atoms with van der Waals surface area (Å²) in [6, 6.07) is 17.9. The van der Waals surface area contributed by atoms with Crippen LogP contribution in [-0.2, 0) is 20.7 Å². The molecule has 2 atom stereocenters. The van der Waals surface area contributed by atoms with Crippen LogP contribution >= 0.6 is 0 Å². The monoisotopic (exact) mass is 426 g/mol. The lowest BCUT2D eigenvalue weighted by atomic mass is 9.76. The van der Waals surface area contributed by atoms with E-state index in [-0.39, 0.29) is 24.4 Å². The average molecular weight is 427 g/mol. The van der Waals surface area contributed by atoms with E-state index >= 15 is 0 Å². The molecule has 4 nitrogen and oxygen atoms in total. The molecule has 2 unspecified atom stereocenters. The van der Waals surface area contributed by atoms with Gasteiger partial charge in [0, 0.05) is 0 Å². The summed E-state index contributed by atoms with van der Waals surface area (Å²) in [5, 5.41) is 0. The van der Waals surface area contributed by atoms with Gasteiger partial charge in [-0.05, 0) is 53.9 Å². The van der Waals surface area contributed by atoms with Crippen molar-refractivity contribution >= 4 is 5.97 Å². The largest absolute Gasteiger partial charge is 0.465 e. The number of ether oxygens (including phenoxy) is 3. The molecule has 0 saturated carbocycles. The highest BCUT2D eigenvalue weighted by Crippen LogP contribution is 2.36. The fraction of sp³-hybridized carbons (Fsp3) is 0.519. The molecule has 0 N–H and O–H groups in total. The molecule has 0 heterocycles. The fourth-order valence-electron chi connectivity index (χ4n) is 3.60. The van der Waals surface area contributed by atoms with E-state index in [0.717, 1.165) is 17.7 Å². The van der Waals surface area contributed by atoms with Gasteiger partial charge in [0.1, 0.15) is 12.4 Å². The van der Waals surface area contributed by atoms with Crippen molar-refractivity contribution in [3.05, 3.63) is 65.7 Å². The van der Waals surface area contributed by atoms with Gasteiger partial charge in [-0.15, -0.1) is 0 Å². The first-order chi connectivity index (χ1) is 14.6. The summed E-state index contributed by atoms with van der Waals surface area (Å²) < 4.78 is 16.7. The maximum absolute atomic E-state index is 11.9. The number of rotatable bonds is 11.